The highest BCUT2D eigenvalue weighted by molar-refractivity contribution is 7.10. The lowest BCUT2D eigenvalue weighted by Gasteiger charge is -2.24. The first-order valence-corrected chi connectivity index (χ1v) is 9.62. The number of imide groups is 2. The molecule has 1 unspecified atom stereocenters. The Morgan fingerprint density at radius 2 is 1.77 bits per heavy atom. The number of hydrogen-bond donors (Lipinski definition) is 1. The summed E-state index contributed by atoms with van der Waals surface area (Å²) in [6, 6.07) is 13.1. The van der Waals surface area contributed by atoms with Crippen molar-refractivity contribution < 1.29 is 19.3 Å². The highest BCUT2D eigenvalue weighted by atomic mass is 32.1. The summed E-state index contributed by atoms with van der Waals surface area (Å²) in [4.78, 5) is 42.0. The molecule has 0 bridgehead atoms. The Balaban J connectivity index is 1.49. The molecule has 3 heterocycles. The van der Waals surface area contributed by atoms with Gasteiger partial charge in [-0.25, -0.2) is 9.69 Å². The van der Waals surface area contributed by atoms with Crippen molar-refractivity contribution >= 4 is 29.2 Å². The van der Waals surface area contributed by atoms with Crippen molar-refractivity contribution in [1.82, 2.24) is 9.80 Å². The minimum absolute atomic E-state index is 0.129. The minimum atomic E-state index is -0.731. The number of carbonyl (C=O) groups is 3. The number of nitrogens with one attached hydrogen (secondary N) is 1. The molecule has 0 spiro atoms. The van der Waals surface area contributed by atoms with Crippen molar-refractivity contribution in [3.05, 3.63) is 58.3 Å². The molecule has 0 aliphatic carbocycles. The summed E-state index contributed by atoms with van der Waals surface area (Å²) in [6.07, 6.45) is 2.09. The average Bonchev–Trinajstić information content (AvgIpc) is 3.37. The molecule has 2 aliphatic rings. The van der Waals surface area contributed by atoms with Crippen molar-refractivity contribution in [3.63, 3.8) is 0 Å². The van der Waals surface area contributed by atoms with Gasteiger partial charge in [0.25, 0.3) is 0 Å². The van der Waals surface area contributed by atoms with Crippen LogP contribution < -0.4 is 4.90 Å². The van der Waals surface area contributed by atoms with Gasteiger partial charge >= 0.3 is 17.8 Å². The maximum atomic E-state index is 12.7. The van der Waals surface area contributed by atoms with E-state index in [1.54, 1.807) is 11.3 Å². The van der Waals surface area contributed by atoms with Gasteiger partial charge in [-0.05, 0) is 17.0 Å². The molecular formula is C19H20N3O3S+. The lowest BCUT2D eigenvalue weighted by Crippen LogP contribution is -3.12. The Hall–Kier alpha value is -2.51. The predicted molar refractivity (Wildman–Crippen MR) is 96.2 cm³/mol. The third kappa shape index (κ3) is 3.04. The first-order chi connectivity index (χ1) is 12.6. The van der Waals surface area contributed by atoms with E-state index >= 15 is 0 Å². The van der Waals surface area contributed by atoms with Crippen LogP contribution in [0.25, 0.3) is 0 Å². The highest BCUT2D eigenvalue weighted by Gasteiger charge is 2.47. The minimum Gasteiger partial charge on any atom is -0.310 e. The number of quaternary nitrogens is 1. The Morgan fingerprint density at radius 3 is 2.50 bits per heavy atom. The average molecular weight is 370 g/mol. The maximum absolute atomic E-state index is 12.7. The van der Waals surface area contributed by atoms with Crippen LogP contribution >= 0.6 is 11.3 Å². The van der Waals surface area contributed by atoms with Crippen LogP contribution in [0.4, 0.5) is 4.79 Å². The van der Waals surface area contributed by atoms with E-state index in [0.717, 1.165) is 34.7 Å². The van der Waals surface area contributed by atoms with E-state index in [9.17, 15) is 14.4 Å². The van der Waals surface area contributed by atoms with Gasteiger partial charge in [-0.15, -0.1) is 11.3 Å². The summed E-state index contributed by atoms with van der Waals surface area (Å²) < 4.78 is 0. The second-order valence-corrected chi connectivity index (χ2v) is 7.65. The van der Waals surface area contributed by atoms with Crippen LogP contribution in [0.1, 0.15) is 29.3 Å². The highest BCUT2D eigenvalue weighted by Crippen LogP contribution is 2.24. The number of urea groups is 1. The van der Waals surface area contributed by atoms with E-state index in [2.05, 4.69) is 6.07 Å². The predicted octanol–water partition coefficient (Wildman–Crippen LogP) is 1.42. The Bertz CT molecular complexity index is 822. The third-order valence-electron chi connectivity index (χ3n) is 5.05. The van der Waals surface area contributed by atoms with Gasteiger partial charge in [0.05, 0.1) is 18.0 Å². The molecule has 0 saturated carbocycles. The smallest absolute Gasteiger partial charge is 0.310 e. The molecule has 2 fully saturated rings. The number of nitrogens with zero attached hydrogens (tertiary/aromatic N) is 2. The van der Waals surface area contributed by atoms with Crippen LogP contribution in [0, 0.1) is 0 Å². The van der Waals surface area contributed by atoms with Gasteiger partial charge in [0, 0.05) is 12.8 Å². The molecule has 2 atom stereocenters. The Labute approximate surface area is 155 Å². The monoisotopic (exact) mass is 370 g/mol. The molecule has 1 N–H and O–H groups in total. The molecule has 4 amide bonds. The van der Waals surface area contributed by atoms with Crippen LogP contribution in [0.15, 0.2) is 47.8 Å². The Kier molecular flexibility index (Phi) is 4.57. The third-order valence-corrected chi connectivity index (χ3v) is 6.04. The van der Waals surface area contributed by atoms with E-state index in [4.69, 9.17) is 0 Å². The molecule has 2 aromatic rings. The lowest BCUT2D eigenvalue weighted by molar-refractivity contribution is -0.925. The molecular weight excluding hydrogens is 350 g/mol. The van der Waals surface area contributed by atoms with Gasteiger partial charge in [-0.3, -0.25) is 14.5 Å². The zero-order valence-electron chi connectivity index (χ0n) is 14.3. The number of likely N-dealkylation sites (tertiary alicyclic amines) is 1. The number of rotatable bonds is 5. The van der Waals surface area contributed by atoms with Crippen molar-refractivity contribution in [3.8, 4) is 0 Å². The molecule has 7 heteroatoms. The topological polar surface area (TPSA) is 62.1 Å². The van der Waals surface area contributed by atoms with E-state index in [1.807, 2.05) is 41.8 Å². The fourth-order valence-electron chi connectivity index (χ4n) is 3.73. The molecule has 6 nitrogen and oxygen atoms in total. The zero-order valence-corrected chi connectivity index (χ0v) is 15.1. The quantitative estimate of drug-likeness (QED) is 0.640. The molecule has 134 valence electrons. The van der Waals surface area contributed by atoms with Gasteiger partial charge in [0.1, 0.15) is 6.04 Å². The fourth-order valence-corrected chi connectivity index (χ4v) is 4.65. The van der Waals surface area contributed by atoms with Crippen molar-refractivity contribution in [2.75, 3.05) is 13.2 Å². The number of carbonyl (C=O) groups excluding carboxylic acids is 3. The summed E-state index contributed by atoms with van der Waals surface area (Å²) in [7, 11) is 0. The van der Waals surface area contributed by atoms with Crippen LogP contribution in [0.3, 0.4) is 0 Å². The largest absolute Gasteiger partial charge is 0.339 e. The molecule has 1 aromatic carbocycles. The van der Waals surface area contributed by atoms with Crippen molar-refractivity contribution in [1.29, 1.82) is 0 Å². The van der Waals surface area contributed by atoms with Crippen molar-refractivity contribution in [2.45, 2.75) is 25.4 Å². The second kappa shape index (κ2) is 7.01. The molecule has 1 aromatic heterocycles. The standard InChI is InChI=1S/C19H19N3O3S/c23-17-18(24)22(19(25)21(17)12-14-6-2-1-3-7-14)13-20-10-4-8-15(20)16-9-5-11-26-16/h1-3,5-7,9,11,15H,4,8,10,12-13H2/p+1/t15-/m1/s1. The van der Waals surface area contributed by atoms with Gasteiger partial charge in [0.2, 0.25) is 0 Å². The normalized spacial score (nSPS) is 23.3. The zero-order chi connectivity index (χ0) is 18.1. The molecule has 0 radical (unpaired) electrons. The second-order valence-electron chi connectivity index (χ2n) is 6.67. The lowest BCUT2D eigenvalue weighted by atomic mass is 10.2. The SMILES string of the molecule is O=C1C(=O)N(C[NH+]2CCC[C@@H]2c2cccs2)C(=O)N1Cc1ccccc1. The molecule has 2 saturated heterocycles. The van der Waals surface area contributed by atoms with Gasteiger partial charge in [-0.2, -0.15) is 0 Å². The number of amides is 4. The summed E-state index contributed by atoms with van der Waals surface area (Å²) in [5.74, 6) is -1.44. The number of benzene rings is 1. The van der Waals surface area contributed by atoms with Gasteiger partial charge < -0.3 is 4.90 Å². The fraction of sp³-hybridized carbons (Fsp3) is 0.316. The van der Waals surface area contributed by atoms with Gasteiger partial charge in [0.15, 0.2) is 6.67 Å². The number of hydrogen-bond acceptors (Lipinski definition) is 4. The first kappa shape index (κ1) is 16.9. The summed E-state index contributed by atoms with van der Waals surface area (Å²) in [5.41, 5.74) is 0.828. The van der Waals surface area contributed by atoms with Crippen LogP contribution in [-0.4, -0.2) is 40.9 Å². The maximum Gasteiger partial charge on any atom is 0.339 e. The summed E-state index contributed by atoms with van der Waals surface area (Å²) in [5, 5.41) is 2.04. The van der Waals surface area contributed by atoms with E-state index in [-0.39, 0.29) is 19.3 Å². The van der Waals surface area contributed by atoms with Crippen LogP contribution in [0.5, 0.6) is 0 Å². The van der Waals surface area contributed by atoms with Crippen LogP contribution in [-0.2, 0) is 16.1 Å². The van der Waals surface area contributed by atoms with Gasteiger partial charge in [-0.1, -0.05) is 36.4 Å². The number of thiophene rings is 1. The van der Waals surface area contributed by atoms with Crippen LogP contribution in [0.2, 0.25) is 0 Å². The molecule has 2 aliphatic heterocycles. The Morgan fingerprint density at radius 1 is 1.00 bits per heavy atom. The summed E-state index contributed by atoms with van der Waals surface area (Å²) >= 11 is 1.70. The first-order valence-electron chi connectivity index (χ1n) is 8.74. The van der Waals surface area contributed by atoms with E-state index in [0.29, 0.717) is 0 Å². The van der Waals surface area contributed by atoms with Crippen molar-refractivity contribution in [2.24, 2.45) is 0 Å². The molecule has 26 heavy (non-hydrogen) atoms. The summed E-state index contributed by atoms with van der Waals surface area (Å²) in [6.45, 7) is 1.27. The van der Waals surface area contributed by atoms with E-state index in [1.165, 1.54) is 9.78 Å². The molecule has 4 rings (SSSR count). The van der Waals surface area contributed by atoms with E-state index < -0.39 is 17.8 Å².